The van der Waals surface area contributed by atoms with E-state index in [1.165, 1.54) is 5.30 Å². The molecule has 7 heteroatoms. The maximum absolute atomic E-state index is 5.98. The van der Waals surface area contributed by atoms with Crippen molar-refractivity contribution in [3.8, 4) is 0 Å². The molecule has 0 nitrogen and oxygen atoms in total. The van der Waals surface area contributed by atoms with Crippen molar-refractivity contribution < 1.29 is 0 Å². The van der Waals surface area contributed by atoms with Gasteiger partial charge in [-0.15, -0.1) is 0 Å². The first-order valence-corrected chi connectivity index (χ1v) is 11.5. The number of hydrogen-bond donors (Lipinski definition) is 0. The molecule has 0 fully saturated rings. The van der Waals surface area contributed by atoms with Crippen LogP contribution in [0, 0.1) is 0 Å². The summed E-state index contributed by atoms with van der Waals surface area (Å²) < 4.78 is -2.89. The largest absolute Gasteiger partial charge is 0.216 e. The van der Waals surface area contributed by atoms with Crippen LogP contribution in [0.25, 0.3) is 0 Å². The van der Waals surface area contributed by atoms with Gasteiger partial charge in [0.25, 0.3) is 0 Å². The van der Waals surface area contributed by atoms with Gasteiger partial charge in [-0.25, -0.2) is 0 Å². The maximum atomic E-state index is 5.98. The first-order chi connectivity index (χ1) is 12.7. The zero-order valence-electron chi connectivity index (χ0n) is 13.7. The van der Waals surface area contributed by atoms with Gasteiger partial charge in [0, 0.05) is 11.1 Å². The highest BCUT2D eigenvalue weighted by molar-refractivity contribution is 7.79. The van der Waals surface area contributed by atoms with Crippen molar-refractivity contribution in [1.29, 1.82) is 0 Å². The molecule has 3 rings (SSSR count). The topological polar surface area (TPSA) is 0 Å². The van der Waals surface area contributed by atoms with Crippen LogP contribution in [-0.2, 0) is 7.59 Å². The van der Waals surface area contributed by atoms with Crippen molar-refractivity contribution in [3.63, 3.8) is 0 Å². The van der Waals surface area contributed by atoms with Crippen LogP contribution < -0.4 is 15.9 Å². The molecular formula is C20H13Cl6P. The SMILES string of the molecule is ClC(Cl)(Cl)c1ccc(P(c2ccccc2)c2ccc(C(Cl)(Cl)Cl)cc2)cc1. The number of halogens is 6. The summed E-state index contributed by atoms with van der Waals surface area (Å²) in [4.78, 5) is 0. The highest BCUT2D eigenvalue weighted by Crippen LogP contribution is 2.41. The van der Waals surface area contributed by atoms with E-state index >= 15 is 0 Å². The lowest BCUT2D eigenvalue weighted by molar-refractivity contribution is 1.25. The van der Waals surface area contributed by atoms with Crippen LogP contribution >= 0.6 is 77.5 Å². The predicted molar refractivity (Wildman–Crippen MR) is 124 cm³/mol. The van der Waals surface area contributed by atoms with Crippen LogP contribution in [-0.4, -0.2) is 0 Å². The third kappa shape index (κ3) is 5.46. The molecule has 0 aliphatic heterocycles. The van der Waals surface area contributed by atoms with Crippen LogP contribution in [0.3, 0.4) is 0 Å². The normalized spacial score (nSPS) is 12.4. The van der Waals surface area contributed by atoms with E-state index in [2.05, 4.69) is 12.1 Å². The van der Waals surface area contributed by atoms with E-state index in [1.54, 1.807) is 0 Å². The molecule has 0 radical (unpaired) electrons. The summed E-state index contributed by atoms with van der Waals surface area (Å²) >= 11 is 35.9. The Bertz CT molecular complexity index is 824. The summed E-state index contributed by atoms with van der Waals surface area (Å²) in [5, 5.41) is 3.47. The first-order valence-electron chi connectivity index (χ1n) is 7.86. The summed E-state index contributed by atoms with van der Waals surface area (Å²) in [7, 11) is -0.801. The molecular weight excluding hydrogens is 484 g/mol. The standard InChI is InChI=1S/C20H13Cl6P/c21-19(22,23)14-6-10-17(11-7-14)27(16-4-2-1-3-5-16)18-12-8-15(9-13-18)20(24,25)26/h1-13H. The van der Waals surface area contributed by atoms with Crippen molar-refractivity contribution in [2.45, 2.75) is 7.59 Å². The molecule has 0 bridgehead atoms. The van der Waals surface area contributed by atoms with E-state index in [0.717, 1.165) is 10.6 Å². The van der Waals surface area contributed by atoms with E-state index in [9.17, 15) is 0 Å². The van der Waals surface area contributed by atoms with Gasteiger partial charge in [-0.05, 0) is 23.8 Å². The Labute approximate surface area is 190 Å². The van der Waals surface area contributed by atoms with Crippen molar-refractivity contribution in [2.75, 3.05) is 0 Å². The molecule has 140 valence electrons. The van der Waals surface area contributed by atoms with E-state index in [0.29, 0.717) is 11.1 Å². The lowest BCUT2D eigenvalue weighted by Crippen LogP contribution is -2.21. The van der Waals surface area contributed by atoms with Gasteiger partial charge in [0.05, 0.1) is 0 Å². The second kappa shape index (κ2) is 8.68. The van der Waals surface area contributed by atoms with Crippen LogP contribution in [0.5, 0.6) is 0 Å². The summed E-state index contributed by atoms with van der Waals surface area (Å²) in [6, 6.07) is 25.6. The number of benzene rings is 3. The first kappa shape index (κ1) is 21.5. The zero-order chi connectivity index (χ0) is 19.7. The fourth-order valence-electron chi connectivity index (χ4n) is 2.62. The monoisotopic (exact) mass is 494 g/mol. The van der Waals surface area contributed by atoms with E-state index in [1.807, 2.05) is 66.7 Å². The molecule has 0 saturated heterocycles. The molecule has 0 aliphatic carbocycles. The van der Waals surface area contributed by atoms with Crippen molar-refractivity contribution in [2.24, 2.45) is 0 Å². The summed E-state index contributed by atoms with van der Waals surface area (Å²) in [5.41, 5.74) is 1.26. The Morgan fingerprint density at radius 2 is 0.778 bits per heavy atom. The molecule has 0 heterocycles. The number of rotatable bonds is 3. The minimum atomic E-state index is -1.44. The molecule has 27 heavy (non-hydrogen) atoms. The molecule has 0 amide bonds. The molecule has 0 atom stereocenters. The smallest absolute Gasteiger partial charge is 0.0784 e. The van der Waals surface area contributed by atoms with E-state index in [4.69, 9.17) is 69.6 Å². The maximum Gasteiger partial charge on any atom is 0.216 e. The van der Waals surface area contributed by atoms with Gasteiger partial charge in [0.1, 0.15) is 0 Å². The second-order valence-electron chi connectivity index (χ2n) is 5.76. The van der Waals surface area contributed by atoms with E-state index in [-0.39, 0.29) is 0 Å². The van der Waals surface area contributed by atoms with E-state index < -0.39 is 15.5 Å². The van der Waals surface area contributed by atoms with Gasteiger partial charge in [0.2, 0.25) is 7.59 Å². The van der Waals surface area contributed by atoms with Gasteiger partial charge in [-0.3, -0.25) is 0 Å². The number of hydrogen-bond acceptors (Lipinski definition) is 0. The molecule has 3 aromatic carbocycles. The Kier molecular flexibility index (Phi) is 6.92. The van der Waals surface area contributed by atoms with Crippen LogP contribution in [0.2, 0.25) is 0 Å². The number of alkyl halides is 6. The average Bonchev–Trinajstić information content (AvgIpc) is 2.62. The zero-order valence-corrected chi connectivity index (χ0v) is 19.2. The van der Waals surface area contributed by atoms with Crippen molar-refractivity contribution >= 4 is 93.4 Å². The predicted octanol–water partition coefficient (Wildman–Crippen LogP) is 7.10. The minimum Gasteiger partial charge on any atom is -0.0784 e. The Balaban J connectivity index is 2.05. The molecule has 0 unspecified atom stereocenters. The van der Waals surface area contributed by atoms with Gasteiger partial charge in [0.15, 0.2) is 0 Å². The Morgan fingerprint density at radius 1 is 0.444 bits per heavy atom. The summed E-state index contributed by atoms with van der Waals surface area (Å²) in [5.74, 6) is 0. The van der Waals surface area contributed by atoms with Crippen LogP contribution in [0.15, 0.2) is 78.9 Å². The molecule has 0 saturated carbocycles. The van der Waals surface area contributed by atoms with Crippen LogP contribution in [0.1, 0.15) is 11.1 Å². The van der Waals surface area contributed by atoms with Gasteiger partial charge in [-0.2, -0.15) is 0 Å². The fourth-order valence-corrected chi connectivity index (χ4v) is 5.64. The molecule has 0 aromatic heterocycles. The Morgan fingerprint density at radius 3 is 1.11 bits per heavy atom. The highest BCUT2D eigenvalue weighted by Gasteiger charge is 2.25. The third-order valence-corrected chi connectivity index (χ3v) is 7.67. The lowest BCUT2D eigenvalue weighted by atomic mass is 10.2. The molecule has 3 aromatic rings. The lowest BCUT2D eigenvalue weighted by Gasteiger charge is -2.21. The second-order valence-corrected chi connectivity index (χ2v) is 12.5. The van der Waals surface area contributed by atoms with Crippen molar-refractivity contribution in [3.05, 3.63) is 90.0 Å². The fraction of sp³-hybridized carbons (Fsp3) is 0.100. The molecule has 0 aliphatic rings. The van der Waals surface area contributed by atoms with Crippen molar-refractivity contribution in [1.82, 2.24) is 0 Å². The summed E-state index contributed by atoms with van der Waals surface area (Å²) in [6.07, 6.45) is 0. The quantitative estimate of drug-likeness (QED) is 0.268. The van der Waals surface area contributed by atoms with Gasteiger partial charge < -0.3 is 0 Å². The van der Waals surface area contributed by atoms with Gasteiger partial charge >= 0.3 is 0 Å². The van der Waals surface area contributed by atoms with Crippen LogP contribution in [0.4, 0.5) is 0 Å². The summed E-state index contributed by atoms with van der Waals surface area (Å²) in [6.45, 7) is 0. The minimum absolute atomic E-state index is 0.630. The highest BCUT2D eigenvalue weighted by atomic mass is 35.6. The van der Waals surface area contributed by atoms with Gasteiger partial charge in [-0.1, -0.05) is 148 Å². The average molecular weight is 497 g/mol. The molecule has 0 N–H and O–H groups in total. The molecule has 0 spiro atoms. The Hall–Kier alpha value is -0.170. The third-order valence-electron chi connectivity index (χ3n) is 3.92.